The van der Waals surface area contributed by atoms with Crippen LogP contribution in [0.2, 0.25) is 0 Å². The standard InChI is InChI=1S/C21H29N3O2.C6H8O7/c1-3-12-26-19-7-5-4-6-16(19)15-24-17-8-9-18(24)14-21(25,13-17)20-22-10-11-23(20)2;7-3(8)1-6(13,5(11)12)2-4(9)10/h4-7,10-11,17-18,25H,3,8-9,12-15H2,1-2H3;13H,1-2H2,(H,7,8)(H,9,10)(H,11,12). The molecule has 0 radical (unpaired) electrons. The Morgan fingerprint density at radius 3 is 2.15 bits per heavy atom. The van der Waals surface area contributed by atoms with Crippen molar-refractivity contribution in [2.75, 3.05) is 6.61 Å². The number of imidazole rings is 1. The molecular weight excluding hydrogens is 510 g/mol. The topological polar surface area (TPSA) is 183 Å². The van der Waals surface area contributed by atoms with Gasteiger partial charge in [0.15, 0.2) is 5.60 Å². The molecule has 2 bridgehead atoms. The maximum Gasteiger partial charge on any atom is 0.336 e. The second kappa shape index (κ2) is 12.6. The lowest BCUT2D eigenvalue weighted by atomic mass is 9.85. The molecule has 2 atom stereocenters. The van der Waals surface area contributed by atoms with Gasteiger partial charge in [0.05, 0.1) is 19.4 Å². The summed E-state index contributed by atoms with van der Waals surface area (Å²) >= 11 is 0. The zero-order valence-electron chi connectivity index (χ0n) is 22.2. The normalized spacial score (nSPS) is 22.6. The van der Waals surface area contributed by atoms with Crippen molar-refractivity contribution in [1.82, 2.24) is 14.5 Å². The predicted octanol–water partition coefficient (Wildman–Crippen LogP) is 1.98. The molecule has 2 aliphatic heterocycles. The molecular formula is C27H37N3O9. The summed E-state index contributed by atoms with van der Waals surface area (Å²) in [7, 11) is 1.97. The minimum Gasteiger partial charge on any atom is -0.493 e. The highest BCUT2D eigenvalue weighted by atomic mass is 16.5. The van der Waals surface area contributed by atoms with Crippen molar-refractivity contribution in [1.29, 1.82) is 0 Å². The Morgan fingerprint density at radius 2 is 1.67 bits per heavy atom. The number of para-hydroxylation sites is 1. The maximum absolute atomic E-state index is 11.3. The zero-order valence-corrected chi connectivity index (χ0v) is 22.2. The third kappa shape index (κ3) is 7.34. The number of piperidine rings is 1. The maximum atomic E-state index is 11.3. The first kappa shape index (κ1) is 30.1. The second-order valence-electron chi connectivity index (χ2n) is 10.3. The van der Waals surface area contributed by atoms with Crippen molar-refractivity contribution in [3.05, 3.63) is 48.0 Å². The number of aliphatic carboxylic acids is 3. The number of rotatable bonds is 11. The SMILES string of the molecule is CCCOc1ccccc1CN1C2CCC1CC(O)(c1nccn1C)C2.O=C(O)CC(O)(CC(=O)O)C(=O)O. The second-order valence-corrected chi connectivity index (χ2v) is 10.3. The number of aryl methyl sites for hydroxylation is 1. The number of carboxylic acids is 3. The van der Waals surface area contributed by atoms with Gasteiger partial charge in [0.25, 0.3) is 0 Å². The summed E-state index contributed by atoms with van der Waals surface area (Å²) in [4.78, 5) is 37.5. The number of fused-ring (bicyclic) bond motifs is 2. The van der Waals surface area contributed by atoms with Crippen molar-refractivity contribution in [3.63, 3.8) is 0 Å². The fraction of sp³-hybridized carbons (Fsp3) is 0.556. The first-order valence-corrected chi connectivity index (χ1v) is 12.9. The van der Waals surface area contributed by atoms with Gasteiger partial charge < -0.3 is 34.8 Å². The highest BCUT2D eigenvalue weighted by Gasteiger charge is 2.50. The highest BCUT2D eigenvalue weighted by molar-refractivity contribution is 5.88. The molecule has 2 aromatic rings. The van der Waals surface area contributed by atoms with Gasteiger partial charge in [-0.1, -0.05) is 25.1 Å². The fourth-order valence-corrected chi connectivity index (χ4v) is 5.47. The fourth-order valence-electron chi connectivity index (χ4n) is 5.47. The van der Waals surface area contributed by atoms with E-state index in [9.17, 15) is 19.5 Å². The average molecular weight is 548 g/mol. The Hall–Kier alpha value is -3.48. The van der Waals surface area contributed by atoms with Crippen LogP contribution in [0.3, 0.4) is 0 Å². The minimum absolute atomic E-state index is 0.398. The molecule has 12 nitrogen and oxygen atoms in total. The van der Waals surface area contributed by atoms with E-state index in [1.54, 1.807) is 6.20 Å². The van der Waals surface area contributed by atoms with Gasteiger partial charge in [-0.3, -0.25) is 14.5 Å². The lowest BCUT2D eigenvalue weighted by molar-refractivity contribution is -0.170. The third-order valence-electron chi connectivity index (χ3n) is 7.23. The molecule has 0 amide bonds. The van der Waals surface area contributed by atoms with Crippen molar-refractivity contribution in [2.24, 2.45) is 7.05 Å². The van der Waals surface area contributed by atoms with Gasteiger partial charge >= 0.3 is 17.9 Å². The molecule has 2 unspecified atom stereocenters. The van der Waals surface area contributed by atoms with E-state index < -0.39 is 42.0 Å². The number of nitrogens with zero attached hydrogens (tertiary/aromatic N) is 3. The largest absolute Gasteiger partial charge is 0.493 e. The van der Waals surface area contributed by atoms with Crippen LogP contribution in [0.25, 0.3) is 0 Å². The number of benzene rings is 1. The van der Waals surface area contributed by atoms with E-state index >= 15 is 0 Å². The van der Waals surface area contributed by atoms with E-state index in [1.165, 1.54) is 5.56 Å². The molecule has 0 saturated carbocycles. The molecule has 39 heavy (non-hydrogen) atoms. The monoisotopic (exact) mass is 547 g/mol. The molecule has 3 heterocycles. The van der Waals surface area contributed by atoms with Crippen molar-refractivity contribution in [3.8, 4) is 5.75 Å². The quantitative estimate of drug-likeness (QED) is 0.277. The van der Waals surface area contributed by atoms with E-state index in [4.69, 9.17) is 25.2 Å². The van der Waals surface area contributed by atoms with E-state index in [1.807, 2.05) is 23.9 Å². The molecule has 214 valence electrons. The van der Waals surface area contributed by atoms with Gasteiger partial charge in [-0.25, -0.2) is 9.78 Å². The molecule has 0 spiro atoms. The highest BCUT2D eigenvalue weighted by Crippen LogP contribution is 2.46. The number of aromatic nitrogens is 2. The molecule has 2 saturated heterocycles. The van der Waals surface area contributed by atoms with Gasteiger partial charge in [0.1, 0.15) is 17.2 Å². The third-order valence-corrected chi connectivity index (χ3v) is 7.23. The summed E-state index contributed by atoms with van der Waals surface area (Å²) in [6.45, 7) is 3.78. The number of hydrogen-bond donors (Lipinski definition) is 5. The molecule has 2 fully saturated rings. The van der Waals surface area contributed by atoms with E-state index in [0.717, 1.165) is 56.8 Å². The summed E-state index contributed by atoms with van der Waals surface area (Å²) in [5.74, 6) is -3.21. The summed E-state index contributed by atoms with van der Waals surface area (Å²) in [5, 5.41) is 45.1. The lowest BCUT2D eigenvalue weighted by Crippen LogP contribution is -2.50. The van der Waals surface area contributed by atoms with Crippen LogP contribution < -0.4 is 4.74 Å². The van der Waals surface area contributed by atoms with Crippen LogP contribution in [0.4, 0.5) is 0 Å². The Balaban J connectivity index is 0.000000276. The minimum atomic E-state index is -2.74. The number of hydrogen-bond acceptors (Lipinski definition) is 8. The Morgan fingerprint density at radius 1 is 1.08 bits per heavy atom. The van der Waals surface area contributed by atoms with Crippen molar-refractivity contribution in [2.45, 2.75) is 81.7 Å². The lowest BCUT2D eigenvalue weighted by Gasteiger charge is -2.43. The molecule has 1 aromatic carbocycles. The van der Waals surface area contributed by atoms with Crippen LogP contribution in [-0.4, -0.2) is 82.2 Å². The number of carbonyl (C=O) groups is 3. The average Bonchev–Trinajstić information content (AvgIpc) is 3.39. The molecule has 2 aliphatic rings. The van der Waals surface area contributed by atoms with Crippen LogP contribution in [0.5, 0.6) is 5.75 Å². The van der Waals surface area contributed by atoms with Gasteiger partial charge in [-0.2, -0.15) is 0 Å². The molecule has 5 N–H and O–H groups in total. The smallest absolute Gasteiger partial charge is 0.336 e. The number of aliphatic hydroxyl groups is 2. The van der Waals surface area contributed by atoms with Crippen molar-refractivity contribution >= 4 is 17.9 Å². The molecule has 0 aliphatic carbocycles. The van der Waals surface area contributed by atoms with Crippen molar-refractivity contribution < 1.29 is 44.7 Å². The summed E-state index contributed by atoms with van der Waals surface area (Å²) in [6, 6.07) is 9.17. The van der Waals surface area contributed by atoms with Crippen LogP contribution in [0, 0.1) is 0 Å². The summed E-state index contributed by atoms with van der Waals surface area (Å²) < 4.78 is 7.91. The van der Waals surface area contributed by atoms with Crippen LogP contribution in [0.1, 0.15) is 63.3 Å². The van der Waals surface area contributed by atoms with Gasteiger partial charge in [-0.05, 0) is 38.2 Å². The predicted molar refractivity (Wildman–Crippen MR) is 138 cm³/mol. The van der Waals surface area contributed by atoms with Crippen LogP contribution >= 0.6 is 0 Å². The Kier molecular flexibility index (Phi) is 9.70. The Bertz CT molecular complexity index is 1130. The van der Waals surface area contributed by atoms with Crippen LogP contribution in [-0.2, 0) is 33.6 Å². The van der Waals surface area contributed by atoms with E-state index in [-0.39, 0.29) is 0 Å². The van der Waals surface area contributed by atoms with Crippen LogP contribution in [0.15, 0.2) is 36.7 Å². The first-order chi connectivity index (χ1) is 18.4. The Labute approximate surface area is 226 Å². The number of ether oxygens (including phenoxy) is 1. The molecule has 1 aromatic heterocycles. The summed E-state index contributed by atoms with van der Waals surface area (Å²) in [5.41, 5.74) is -2.29. The zero-order chi connectivity index (χ0) is 28.8. The van der Waals surface area contributed by atoms with Gasteiger partial charge in [0, 0.05) is 43.6 Å². The van der Waals surface area contributed by atoms with Gasteiger partial charge in [0.2, 0.25) is 0 Å². The van der Waals surface area contributed by atoms with E-state index in [0.29, 0.717) is 12.1 Å². The van der Waals surface area contributed by atoms with E-state index in [2.05, 4.69) is 35.0 Å². The number of carboxylic acid groups (broad SMARTS) is 3. The summed E-state index contributed by atoms with van der Waals surface area (Å²) in [6.07, 6.45) is 6.23. The molecule has 12 heteroatoms. The molecule has 4 rings (SSSR count). The van der Waals surface area contributed by atoms with Gasteiger partial charge in [-0.15, -0.1) is 0 Å². The first-order valence-electron chi connectivity index (χ1n) is 12.9.